The number of hydrogen-bond donors (Lipinski definition) is 1. The summed E-state index contributed by atoms with van der Waals surface area (Å²) in [5, 5.41) is 8.99. The maximum absolute atomic E-state index is 8.99. The molecule has 0 unspecified atom stereocenters. The van der Waals surface area contributed by atoms with Crippen molar-refractivity contribution >= 4 is 11.3 Å². The van der Waals surface area contributed by atoms with Crippen LogP contribution >= 0.6 is 11.3 Å². The number of aliphatic hydroxyl groups excluding tert-OH is 1. The summed E-state index contributed by atoms with van der Waals surface area (Å²) in [7, 11) is 0. The molecule has 1 heterocycles. The van der Waals surface area contributed by atoms with E-state index in [1.807, 2.05) is 6.07 Å². The molecule has 15 heavy (non-hydrogen) atoms. The van der Waals surface area contributed by atoms with E-state index in [4.69, 9.17) is 5.11 Å². The molecule has 1 aromatic heterocycles. The Morgan fingerprint density at radius 2 is 1.80 bits per heavy atom. The van der Waals surface area contributed by atoms with Crippen LogP contribution in [0.15, 0.2) is 36.4 Å². The average Bonchev–Trinajstić information content (AvgIpc) is 2.78. The van der Waals surface area contributed by atoms with Crippen molar-refractivity contribution in [3.05, 3.63) is 46.8 Å². The van der Waals surface area contributed by atoms with Gasteiger partial charge in [0.1, 0.15) is 0 Å². The van der Waals surface area contributed by atoms with Crippen molar-refractivity contribution < 1.29 is 5.11 Å². The van der Waals surface area contributed by atoms with Crippen LogP contribution in [0.25, 0.3) is 10.4 Å². The summed E-state index contributed by atoms with van der Waals surface area (Å²) in [6.07, 6.45) is 1.08. The molecule has 2 aromatic rings. The summed E-state index contributed by atoms with van der Waals surface area (Å²) in [6, 6.07) is 12.7. The molecular formula is C13H14OS. The molecule has 0 amide bonds. The normalized spacial score (nSPS) is 10.5. The van der Waals surface area contributed by atoms with Gasteiger partial charge in [-0.05, 0) is 29.7 Å². The second-order valence-electron chi connectivity index (χ2n) is 3.47. The molecule has 1 nitrogen and oxygen atoms in total. The quantitative estimate of drug-likeness (QED) is 0.836. The van der Waals surface area contributed by atoms with Crippen LogP contribution in [0, 0.1) is 0 Å². The van der Waals surface area contributed by atoms with E-state index in [1.165, 1.54) is 16.0 Å². The standard InChI is InChI=1S/C13H14OS/c1-2-10-3-5-11(6-4-10)13-8-7-12(9-14)15-13/h3-8,14H,2,9H2,1H3. The topological polar surface area (TPSA) is 20.2 Å². The molecule has 2 heteroatoms. The lowest BCUT2D eigenvalue weighted by Crippen LogP contribution is -1.78. The molecule has 0 radical (unpaired) electrons. The Labute approximate surface area is 94.0 Å². The first-order chi connectivity index (χ1) is 7.33. The largest absolute Gasteiger partial charge is 0.391 e. The zero-order valence-electron chi connectivity index (χ0n) is 8.73. The molecule has 1 N–H and O–H groups in total. The van der Waals surface area contributed by atoms with Gasteiger partial charge in [0, 0.05) is 9.75 Å². The van der Waals surface area contributed by atoms with E-state index in [2.05, 4.69) is 37.3 Å². The van der Waals surface area contributed by atoms with Crippen LogP contribution in [0.1, 0.15) is 17.4 Å². The van der Waals surface area contributed by atoms with E-state index >= 15 is 0 Å². The molecule has 0 atom stereocenters. The number of rotatable bonds is 3. The first-order valence-corrected chi connectivity index (χ1v) is 5.94. The number of hydrogen-bond acceptors (Lipinski definition) is 2. The van der Waals surface area contributed by atoms with Crippen molar-refractivity contribution in [2.75, 3.05) is 0 Å². The molecule has 78 valence electrons. The van der Waals surface area contributed by atoms with Gasteiger partial charge in [-0.25, -0.2) is 0 Å². The van der Waals surface area contributed by atoms with E-state index in [1.54, 1.807) is 11.3 Å². The maximum Gasteiger partial charge on any atom is 0.0774 e. The molecular weight excluding hydrogens is 204 g/mol. The maximum atomic E-state index is 8.99. The van der Waals surface area contributed by atoms with E-state index in [-0.39, 0.29) is 6.61 Å². The molecule has 0 saturated carbocycles. The van der Waals surface area contributed by atoms with Crippen LogP contribution in [0.3, 0.4) is 0 Å². The molecule has 0 spiro atoms. The van der Waals surface area contributed by atoms with E-state index < -0.39 is 0 Å². The lowest BCUT2D eigenvalue weighted by atomic mass is 10.1. The minimum atomic E-state index is 0.137. The highest BCUT2D eigenvalue weighted by Gasteiger charge is 2.01. The van der Waals surface area contributed by atoms with Gasteiger partial charge in [-0.1, -0.05) is 31.2 Å². The van der Waals surface area contributed by atoms with Gasteiger partial charge in [-0.3, -0.25) is 0 Å². The first-order valence-electron chi connectivity index (χ1n) is 5.12. The van der Waals surface area contributed by atoms with Crippen molar-refractivity contribution in [2.24, 2.45) is 0 Å². The minimum absolute atomic E-state index is 0.137. The third-order valence-corrected chi connectivity index (χ3v) is 3.58. The predicted octanol–water partition coefficient (Wildman–Crippen LogP) is 3.47. The van der Waals surface area contributed by atoms with Crippen LogP contribution in [-0.2, 0) is 13.0 Å². The van der Waals surface area contributed by atoms with Gasteiger partial charge >= 0.3 is 0 Å². The summed E-state index contributed by atoms with van der Waals surface area (Å²) in [5.41, 5.74) is 2.59. The number of benzene rings is 1. The highest BCUT2D eigenvalue weighted by atomic mass is 32.1. The van der Waals surface area contributed by atoms with E-state index in [0.717, 1.165) is 11.3 Å². The lowest BCUT2D eigenvalue weighted by Gasteiger charge is -1.99. The Hall–Kier alpha value is -1.12. The van der Waals surface area contributed by atoms with Crippen LogP contribution in [-0.4, -0.2) is 5.11 Å². The van der Waals surface area contributed by atoms with Crippen LogP contribution < -0.4 is 0 Å². The first kappa shape index (κ1) is 10.4. The van der Waals surface area contributed by atoms with Crippen LogP contribution in [0.5, 0.6) is 0 Å². The third kappa shape index (κ3) is 2.28. The number of aryl methyl sites for hydroxylation is 1. The minimum Gasteiger partial charge on any atom is -0.391 e. The van der Waals surface area contributed by atoms with Crippen molar-refractivity contribution in [3.63, 3.8) is 0 Å². The molecule has 2 rings (SSSR count). The lowest BCUT2D eigenvalue weighted by molar-refractivity contribution is 0.285. The average molecular weight is 218 g/mol. The Morgan fingerprint density at radius 3 is 2.33 bits per heavy atom. The van der Waals surface area contributed by atoms with Gasteiger partial charge in [0.05, 0.1) is 6.61 Å². The monoisotopic (exact) mass is 218 g/mol. The van der Waals surface area contributed by atoms with Crippen molar-refractivity contribution in [3.8, 4) is 10.4 Å². The second-order valence-corrected chi connectivity index (χ2v) is 4.64. The Balaban J connectivity index is 2.28. The van der Waals surface area contributed by atoms with E-state index in [9.17, 15) is 0 Å². The molecule has 0 aliphatic carbocycles. The fraction of sp³-hybridized carbons (Fsp3) is 0.231. The van der Waals surface area contributed by atoms with Gasteiger partial charge in [-0.15, -0.1) is 11.3 Å². The zero-order chi connectivity index (χ0) is 10.7. The highest BCUT2D eigenvalue weighted by Crippen LogP contribution is 2.28. The zero-order valence-corrected chi connectivity index (χ0v) is 9.55. The third-order valence-electron chi connectivity index (χ3n) is 2.46. The SMILES string of the molecule is CCc1ccc(-c2ccc(CO)s2)cc1. The molecule has 0 bridgehead atoms. The van der Waals surface area contributed by atoms with Crippen LogP contribution in [0.4, 0.5) is 0 Å². The molecule has 0 aliphatic rings. The molecule has 1 aromatic carbocycles. The van der Waals surface area contributed by atoms with Gasteiger partial charge in [0.2, 0.25) is 0 Å². The summed E-state index contributed by atoms with van der Waals surface area (Å²) >= 11 is 1.65. The second kappa shape index (κ2) is 4.60. The van der Waals surface area contributed by atoms with Gasteiger partial charge in [0.25, 0.3) is 0 Å². The van der Waals surface area contributed by atoms with Crippen molar-refractivity contribution in [1.29, 1.82) is 0 Å². The Morgan fingerprint density at radius 1 is 1.07 bits per heavy atom. The van der Waals surface area contributed by atoms with Gasteiger partial charge in [-0.2, -0.15) is 0 Å². The summed E-state index contributed by atoms with van der Waals surface area (Å²) in [4.78, 5) is 2.24. The predicted molar refractivity (Wildman–Crippen MR) is 65.1 cm³/mol. The summed E-state index contributed by atoms with van der Waals surface area (Å²) in [6.45, 7) is 2.29. The summed E-state index contributed by atoms with van der Waals surface area (Å²) in [5.74, 6) is 0. The molecule has 0 aliphatic heterocycles. The van der Waals surface area contributed by atoms with E-state index in [0.29, 0.717) is 0 Å². The van der Waals surface area contributed by atoms with Crippen molar-refractivity contribution in [1.82, 2.24) is 0 Å². The van der Waals surface area contributed by atoms with Crippen molar-refractivity contribution in [2.45, 2.75) is 20.0 Å². The summed E-state index contributed by atoms with van der Waals surface area (Å²) < 4.78 is 0. The Bertz CT molecular complexity index is 428. The van der Waals surface area contributed by atoms with Gasteiger partial charge < -0.3 is 5.11 Å². The van der Waals surface area contributed by atoms with Crippen LogP contribution in [0.2, 0.25) is 0 Å². The number of thiophene rings is 1. The fourth-order valence-electron chi connectivity index (χ4n) is 1.52. The number of aliphatic hydroxyl groups is 1. The fourth-order valence-corrected chi connectivity index (χ4v) is 2.40. The van der Waals surface area contributed by atoms with Gasteiger partial charge in [0.15, 0.2) is 0 Å². The molecule has 0 saturated heterocycles. The highest BCUT2D eigenvalue weighted by molar-refractivity contribution is 7.15. The Kier molecular flexibility index (Phi) is 3.19. The molecule has 0 fully saturated rings. The smallest absolute Gasteiger partial charge is 0.0774 e.